The fourth-order valence-electron chi connectivity index (χ4n) is 1.67. The van der Waals surface area contributed by atoms with Gasteiger partial charge in [0.15, 0.2) is 6.61 Å². The highest BCUT2D eigenvalue weighted by atomic mass is 79.9. The predicted molar refractivity (Wildman–Crippen MR) is 79.6 cm³/mol. The van der Waals surface area contributed by atoms with Gasteiger partial charge in [-0.25, -0.2) is 4.39 Å². The van der Waals surface area contributed by atoms with Crippen LogP contribution in [0.4, 0.5) is 10.1 Å². The number of anilines is 1. The Morgan fingerprint density at radius 1 is 1.33 bits per heavy atom. The number of carbonyl (C=O) groups is 1. The standard InChI is InChI=1S/C15H10BrFN2O2/c16-12-9-10(17)5-6-11(12)15(20)19-13-3-1-2-4-14(13)21-8-7-18/h1-6,9H,8H2,(H,19,20). The van der Waals surface area contributed by atoms with Crippen LogP contribution < -0.4 is 10.1 Å². The second-order valence-corrected chi connectivity index (χ2v) is 4.88. The van der Waals surface area contributed by atoms with Crippen LogP contribution in [0.15, 0.2) is 46.9 Å². The normalized spacial score (nSPS) is 9.76. The molecular formula is C15H10BrFN2O2. The molecule has 0 heterocycles. The summed E-state index contributed by atoms with van der Waals surface area (Å²) in [5, 5.41) is 11.2. The van der Waals surface area contributed by atoms with Crippen molar-refractivity contribution in [2.45, 2.75) is 0 Å². The first-order valence-corrected chi connectivity index (χ1v) is 6.76. The molecule has 0 aromatic heterocycles. The fraction of sp³-hybridized carbons (Fsp3) is 0.0667. The zero-order valence-electron chi connectivity index (χ0n) is 10.8. The number of nitrogens with one attached hydrogen (secondary N) is 1. The minimum atomic E-state index is -0.434. The van der Waals surface area contributed by atoms with E-state index in [9.17, 15) is 9.18 Å². The largest absolute Gasteiger partial charge is 0.477 e. The number of nitrogens with zero attached hydrogens (tertiary/aromatic N) is 1. The zero-order chi connectivity index (χ0) is 15.2. The molecule has 6 heteroatoms. The fourth-order valence-corrected chi connectivity index (χ4v) is 2.20. The third kappa shape index (κ3) is 3.80. The molecule has 21 heavy (non-hydrogen) atoms. The summed E-state index contributed by atoms with van der Waals surface area (Å²) in [6.45, 7) is -0.118. The lowest BCUT2D eigenvalue weighted by Gasteiger charge is -2.11. The van der Waals surface area contributed by atoms with Crippen LogP contribution in [0.2, 0.25) is 0 Å². The summed E-state index contributed by atoms with van der Waals surface area (Å²) in [5.74, 6) is -0.448. The van der Waals surface area contributed by atoms with Crippen molar-refractivity contribution in [3.8, 4) is 11.8 Å². The molecular weight excluding hydrogens is 339 g/mol. The molecule has 2 rings (SSSR count). The van der Waals surface area contributed by atoms with Crippen LogP contribution in [0.1, 0.15) is 10.4 Å². The molecule has 106 valence electrons. The molecule has 0 bridgehead atoms. The second-order valence-electron chi connectivity index (χ2n) is 4.02. The van der Waals surface area contributed by atoms with Gasteiger partial charge in [0.2, 0.25) is 0 Å². The van der Waals surface area contributed by atoms with E-state index in [0.717, 1.165) is 0 Å². The molecule has 2 aromatic rings. The quantitative estimate of drug-likeness (QED) is 0.915. The van der Waals surface area contributed by atoms with Crippen molar-refractivity contribution >= 4 is 27.5 Å². The van der Waals surface area contributed by atoms with Crippen molar-refractivity contribution < 1.29 is 13.9 Å². The molecule has 0 unspecified atom stereocenters. The van der Waals surface area contributed by atoms with Gasteiger partial charge in [0, 0.05) is 4.47 Å². The Morgan fingerprint density at radius 2 is 2.10 bits per heavy atom. The van der Waals surface area contributed by atoms with Gasteiger partial charge >= 0.3 is 0 Å². The van der Waals surface area contributed by atoms with Gasteiger partial charge in [-0.05, 0) is 46.3 Å². The molecule has 0 fully saturated rings. The smallest absolute Gasteiger partial charge is 0.256 e. The molecule has 0 aliphatic rings. The van der Waals surface area contributed by atoms with E-state index < -0.39 is 11.7 Å². The number of hydrogen-bond donors (Lipinski definition) is 1. The van der Waals surface area contributed by atoms with Crippen molar-refractivity contribution in [1.29, 1.82) is 5.26 Å². The average molecular weight is 349 g/mol. The number of hydrogen-bond acceptors (Lipinski definition) is 3. The minimum Gasteiger partial charge on any atom is -0.477 e. The number of ether oxygens (including phenoxy) is 1. The Labute approximate surface area is 129 Å². The van der Waals surface area contributed by atoms with E-state index in [1.807, 2.05) is 6.07 Å². The van der Waals surface area contributed by atoms with Crippen molar-refractivity contribution in [2.75, 3.05) is 11.9 Å². The topological polar surface area (TPSA) is 62.1 Å². The monoisotopic (exact) mass is 348 g/mol. The van der Waals surface area contributed by atoms with E-state index in [1.165, 1.54) is 18.2 Å². The molecule has 2 aromatic carbocycles. The highest BCUT2D eigenvalue weighted by molar-refractivity contribution is 9.10. The number of amides is 1. The summed E-state index contributed by atoms with van der Waals surface area (Å²) < 4.78 is 18.6. The van der Waals surface area contributed by atoms with Crippen LogP contribution in [0.3, 0.4) is 0 Å². The third-order valence-corrected chi connectivity index (χ3v) is 3.26. The van der Waals surface area contributed by atoms with Crippen LogP contribution in [-0.4, -0.2) is 12.5 Å². The van der Waals surface area contributed by atoms with Crippen molar-refractivity contribution in [3.63, 3.8) is 0 Å². The summed E-state index contributed by atoms with van der Waals surface area (Å²) in [4.78, 5) is 12.2. The summed E-state index contributed by atoms with van der Waals surface area (Å²) in [7, 11) is 0. The van der Waals surface area contributed by atoms with Gasteiger partial charge in [0.25, 0.3) is 5.91 Å². The Hall–Kier alpha value is -2.39. The first kappa shape index (κ1) is 15.0. The van der Waals surface area contributed by atoms with Crippen LogP contribution in [-0.2, 0) is 0 Å². The second kappa shape index (κ2) is 6.86. The molecule has 0 aliphatic carbocycles. The van der Waals surface area contributed by atoms with E-state index >= 15 is 0 Å². The molecule has 0 aliphatic heterocycles. The highest BCUT2D eigenvalue weighted by Gasteiger charge is 2.13. The maximum Gasteiger partial charge on any atom is 0.256 e. The number of rotatable bonds is 4. The Balaban J connectivity index is 2.22. The lowest BCUT2D eigenvalue weighted by Crippen LogP contribution is -2.13. The van der Waals surface area contributed by atoms with Gasteiger partial charge in [0.05, 0.1) is 11.3 Å². The number of carbonyl (C=O) groups excluding carboxylic acids is 1. The van der Waals surface area contributed by atoms with E-state index in [4.69, 9.17) is 10.00 Å². The van der Waals surface area contributed by atoms with E-state index in [0.29, 0.717) is 21.5 Å². The Bertz CT molecular complexity index is 713. The summed E-state index contributed by atoms with van der Waals surface area (Å²) in [6, 6.07) is 12.4. The molecule has 0 radical (unpaired) electrons. The molecule has 0 atom stereocenters. The van der Waals surface area contributed by atoms with Gasteiger partial charge in [-0.15, -0.1) is 0 Å². The summed E-state index contributed by atoms with van der Waals surface area (Å²) in [5.41, 5.74) is 0.737. The van der Waals surface area contributed by atoms with E-state index in [2.05, 4.69) is 21.2 Å². The number of halogens is 2. The van der Waals surface area contributed by atoms with Crippen molar-refractivity contribution in [2.24, 2.45) is 0 Å². The number of nitriles is 1. The van der Waals surface area contributed by atoms with Gasteiger partial charge in [-0.1, -0.05) is 12.1 Å². The van der Waals surface area contributed by atoms with Gasteiger partial charge in [0.1, 0.15) is 17.6 Å². The van der Waals surface area contributed by atoms with Gasteiger partial charge < -0.3 is 10.1 Å². The molecule has 1 amide bonds. The van der Waals surface area contributed by atoms with Crippen molar-refractivity contribution in [3.05, 3.63) is 58.3 Å². The third-order valence-electron chi connectivity index (χ3n) is 2.60. The zero-order valence-corrected chi connectivity index (χ0v) is 12.4. The summed E-state index contributed by atoms with van der Waals surface area (Å²) >= 11 is 3.15. The van der Waals surface area contributed by atoms with Gasteiger partial charge in [-0.2, -0.15) is 5.26 Å². The number of para-hydroxylation sites is 2. The van der Waals surface area contributed by atoms with Crippen molar-refractivity contribution in [1.82, 2.24) is 0 Å². The molecule has 1 N–H and O–H groups in total. The molecule has 0 saturated heterocycles. The van der Waals surface area contributed by atoms with Crippen LogP contribution in [0.5, 0.6) is 5.75 Å². The highest BCUT2D eigenvalue weighted by Crippen LogP contribution is 2.25. The maximum absolute atomic E-state index is 13.0. The van der Waals surface area contributed by atoms with Crippen LogP contribution in [0.25, 0.3) is 0 Å². The van der Waals surface area contributed by atoms with Crippen LogP contribution >= 0.6 is 15.9 Å². The lowest BCUT2D eigenvalue weighted by molar-refractivity contribution is 0.102. The molecule has 4 nitrogen and oxygen atoms in total. The maximum atomic E-state index is 13.0. The first-order chi connectivity index (χ1) is 10.1. The summed E-state index contributed by atoms with van der Waals surface area (Å²) in [6.07, 6.45) is 0. The van der Waals surface area contributed by atoms with Crippen LogP contribution in [0, 0.1) is 17.1 Å². The van der Waals surface area contributed by atoms with Gasteiger partial charge in [-0.3, -0.25) is 4.79 Å². The molecule has 0 spiro atoms. The minimum absolute atomic E-state index is 0.118. The lowest BCUT2D eigenvalue weighted by atomic mass is 10.2. The first-order valence-electron chi connectivity index (χ1n) is 5.97. The Morgan fingerprint density at radius 3 is 2.81 bits per heavy atom. The number of benzene rings is 2. The predicted octanol–water partition coefficient (Wildman–Crippen LogP) is 3.74. The SMILES string of the molecule is N#CCOc1ccccc1NC(=O)c1ccc(F)cc1Br. The molecule has 0 saturated carbocycles. The van der Waals surface area contributed by atoms with E-state index in [1.54, 1.807) is 24.3 Å². The average Bonchev–Trinajstić information content (AvgIpc) is 2.46. The van der Waals surface area contributed by atoms with E-state index in [-0.39, 0.29) is 6.61 Å². The Kier molecular flexibility index (Phi) is 4.90.